The number of anilines is 2. The normalized spacial score (nSPS) is 17.0. The molecule has 0 amide bonds. The Morgan fingerprint density at radius 2 is 1.94 bits per heavy atom. The van der Waals surface area contributed by atoms with E-state index in [9.17, 15) is 14.7 Å². The zero-order chi connectivity index (χ0) is 24.1. The van der Waals surface area contributed by atoms with Crippen molar-refractivity contribution in [3.05, 3.63) is 41.0 Å². The fourth-order valence-corrected chi connectivity index (χ4v) is 4.59. The second-order valence-electron chi connectivity index (χ2n) is 9.18. The standard InChI is InChI=1S/C25H33N5O4/c1-2-3-11-34-25-27-22(26)21-13-20(31)16-30(23(21)28-25)15-18-6-4-5-17(12-18)14-29-9-7-19(8-10-29)24(32)33/h4-6,12,19H,2-3,7-11,13-16H2,1H3,(H,32,33)(H2,26,27,28). The average molecular weight is 468 g/mol. The molecule has 34 heavy (non-hydrogen) atoms. The second kappa shape index (κ2) is 10.8. The van der Waals surface area contributed by atoms with Crippen LogP contribution in [0, 0.1) is 5.92 Å². The number of piperidine rings is 1. The van der Waals surface area contributed by atoms with E-state index in [0.29, 0.717) is 43.2 Å². The maximum absolute atomic E-state index is 12.4. The molecule has 9 heteroatoms. The van der Waals surface area contributed by atoms with Gasteiger partial charge in [-0.2, -0.15) is 9.97 Å². The molecule has 4 rings (SSSR count). The van der Waals surface area contributed by atoms with Gasteiger partial charge >= 0.3 is 12.0 Å². The summed E-state index contributed by atoms with van der Waals surface area (Å²) in [5.74, 6) is 0.124. The molecule has 2 aliphatic rings. The van der Waals surface area contributed by atoms with E-state index in [1.54, 1.807) is 0 Å². The molecule has 0 unspecified atom stereocenters. The number of hydrogen-bond acceptors (Lipinski definition) is 8. The van der Waals surface area contributed by atoms with Crippen molar-refractivity contribution in [1.82, 2.24) is 14.9 Å². The number of nitrogens with zero attached hydrogens (tertiary/aromatic N) is 4. The number of unbranched alkanes of at least 4 members (excludes halogenated alkanes) is 1. The average Bonchev–Trinajstić information content (AvgIpc) is 2.81. The summed E-state index contributed by atoms with van der Waals surface area (Å²) in [6.45, 7) is 5.76. The number of likely N-dealkylation sites (tertiary alicyclic amines) is 1. The largest absolute Gasteiger partial charge is 0.481 e. The molecule has 0 spiro atoms. The van der Waals surface area contributed by atoms with E-state index in [1.807, 2.05) is 17.0 Å². The highest BCUT2D eigenvalue weighted by atomic mass is 16.5. The molecule has 1 saturated heterocycles. The van der Waals surface area contributed by atoms with Crippen LogP contribution in [0.2, 0.25) is 0 Å². The van der Waals surface area contributed by atoms with E-state index in [-0.39, 0.29) is 30.7 Å². The van der Waals surface area contributed by atoms with Gasteiger partial charge in [-0.1, -0.05) is 37.6 Å². The molecule has 3 N–H and O–H groups in total. The predicted molar refractivity (Wildman–Crippen MR) is 129 cm³/mol. The molecule has 0 saturated carbocycles. The van der Waals surface area contributed by atoms with Crippen LogP contribution >= 0.6 is 0 Å². The second-order valence-corrected chi connectivity index (χ2v) is 9.18. The minimum atomic E-state index is -0.693. The van der Waals surface area contributed by atoms with Crippen LogP contribution in [0.3, 0.4) is 0 Å². The number of carboxylic acids is 1. The number of aliphatic carboxylic acids is 1. The highest BCUT2D eigenvalue weighted by molar-refractivity contribution is 5.91. The lowest BCUT2D eigenvalue weighted by atomic mass is 9.96. The van der Waals surface area contributed by atoms with Crippen molar-refractivity contribution >= 4 is 23.4 Å². The number of carboxylic acid groups (broad SMARTS) is 1. The molecule has 182 valence electrons. The Bertz CT molecular complexity index is 1040. The van der Waals surface area contributed by atoms with E-state index in [1.165, 1.54) is 5.56 Å². The Labute approximate surface area is 199 Å². The van der Waals surface area contributed by atoms with Gasteiger partial charge in [-0.25, -0.2) is 0 Å². The zero-order valence-corrected chi connectivity index (χ0v) is 19.7. The first-order valence-corrected chi connectivity index (χ1v) is 12.0. The lowest BCUT2D eigenvalue weighted by molar-refractivity contribution is -0.143. The van der Waals surface area contributed by atoms with Crippen LogP contribution in [0.25, 0.3) is 0 Å². The number of carbonyl (C=O) groups is 2. The Morgan fingerprint density at radius 1 is 1.21 bits per heavy atom. The van der Waals surface area contributed by atoms with Crippen molar-refractivity contribution in [2.45, 2.75) is 52.1 Å². The fourth-order valence-electron chi connectivity index (χ4n) is 4.59. The number of ether oxygens (including phenoxy) is 1. The molecule has 0 aliphatic carbocycles. The number of Topliss-reactive ketones (excluding diaryl/α,β-unsaturated/α-hetero) is 1. The smallest absolute Gasteiger partial charge is 0.320 e. The van der Waals surface area contributed by atoms with Crippen LogP contribution in [0.1, 0.15) is 49.3 Å². The number of carbonyl (C=O) groups excluding carboxylic acids is 1. The number of ketones is 1. The number of rotatable bonds is 9. The molecule has 1 aromatic heterocycles. The third-order valence-corrected chi connectivity index (χ3v) is 6.47. The third-order valence-electron chi connectivity index (χ3n) is 6.47. The topological polar surface area (TPSA) is 122 Å². The molecule has 3 heterocycles. The van der Waals surface area contributed by atoms with Crippen molar-refractivity contribution in [3.8, 4) is 6.01 Å². The summed E-state index contributed by atoms with van der Waals surface area (Å²) in [5.41, 5.74) is 9.07. The SMILES string of the molecule is CCCCOc1nc(N)c2c(n1)N(Cc1cccc(CN3CCC(C(=O)O)CC3)c1)CC(=O)C2. The van der Waals surface area contributed by atoms with Crippen LogP contribution < -0.4 is 15.4 Å². The van der Waals surface area contributed by atoms with Gasteiger partial charge < -0.3 is 20.5 Å². The van der Waals surface area contributed by atoms with E-state index in [2.05, 4.69) is 33.9 Å². The number of benzene rings is 1. The summed E-state index contributed by atoms with van der Waals surface area (Å²) in [7, 11) is 0. The van der Waals surface area contributed by atoms with Crippen molar-refractivity contribution in [1.29, 1.82) is 0 Å². The van der Waals surface area contributed by atoms with Gasteiger partial charge in [-0.15, -0.1) is 0 Å². The van der Waals surface area contributed by atoms with Gasteiger partial charge in [0, 0.05) is 25.1 Å². The lowest BCUT2D eigenvalue weighted by Crippen LogP contribution is -2.37. The Hall–Kier alpha value is -3.20. The number of hydrogen-bond donors (Lipinski definition) is 2. The highest BCUT2D eigenvalue weighted by Gasteiger charge is 2.28. The van der Waals surface area contributed by atoms with Gasteiger partial charge in [0.25, 0.3) is 0 Å². The van der Waals surface area contributed by atoms with Crippen LogP contribution in [-0.2, 0) is 29.1 Å². The van der Waals surface area contributed by atoms with Gasteiger partial charge in [0.05, 0.1) is 19.1 Å². The maximum atomic E-state index is 12.4. The lowest BCUT2D eigenvalue weighted by Gasteiger charge is -2.31. The maximum Gasteiger partial charge on any atom is 0.320 e. The molecular weight excluding hydrogens is 434 g/mol. The minimum Gasteiger partial charge on any atom is -0.481 e. The van der Waals surface area contributed by atoms with Gasteiger partial charge in [0.1, 0.15) is 11.6 Å². The highest BCUT2D eigenvalue weighted by Crippen LogP contribution is 2.31. The van der Waals surface area contributed by atoms with Crippen molar-refractivity contribution in [2.75, 3.05) is 36.9 Å². The molecule has 0 atom stereocenters. The van der Waals surface area contributed by atoms with Gasteiger partial charge in [0.2, 0.25) is 0 Å². The Morgan fingerprint density at radius 3 is 2.65 bits per heavy atom. The quantitative estimate of drug-likeness (QED) is 0.536. The van der Waals surface area contributed by atoms with E-state index in [4.69, 9.17) is 10.5 Å². The van der Waals surface area contributed by atoms with Gasteiger partial charge in [-0.05, 0) is 43.5 Å². The number of nitrogens with two attached hydrogens (primary N) is 1. The predicted octanol–water partition coefficient (Wildman–Crippen LogP) is 2.67. The zero-order valence-electron chi connectivity index (χ0n) is 19.7. The molecular formula is C25H33N5O4. The Kier molecular flexibility index (Phi) is 7.62. The number of fused-ring (bicyclic) bond motifs is 1. The van der Waals surface area contributed by atoms with E-state index >= 15 is 0 Å². The monoisotopic (exact) mass is 467 g/mol. The number of aromatic nitrogens is 2. The van der Waals surface area contributed by atoms with Crippen molar-refractivity contribution in [3.63, 3.8) is 0 Å². The first kappa shape index (κ1) is 23.9. The molecule has 2 aromatic rings. The summed E-state index contributed by atoms with van der Waals surface area (Å²) >= 11 is 0. The molecule has 1 fully saturated rings. The summed E-state index contributed by atoms with van der Waals surface area (Å²) in [5, 5.41) is 9.21. The van der Waals surface area contributed by atoms with E-state index in [0.717, 1.165) is 38.0 Å². The van der Waals surface area contributed by atoms with Gasteiger partial charge in [0.15, 0.2) is 5.78 Å². The summed E-state index contributed by atoms with van der Waals surface area (Å²) < 4.78 is 5.69. The number of nitrogen functional groups attached to an aromatic ring is 1. The third kappa shape index (κ3) is 5.83. The molecule has 0 radical (unpaired) electrons. The van der Waals surface area contributed by atoms with Gasteiger partial charge in [-0.3, -0.25) is 14.5 Å². The molecule has 1 aromatic carbocycles. The first-order chi connectivity index (χ1) is 16.4. The van der Waals surface area contributed by atoms with Crippen LogP contribution in [0.5, 0.6) is 6.01 Å². The van der Waals surface area contributed by atoms with Crippen LogP contribution in [0.15, 0.2) is 24.3 Å². The fraction of sp³-hybridized carbons (Fsp3) is 0.520. The van der Waals surface area contributed by atoms with Crippen molar-refractivity contribution in [2.24, 2.45) is 5.92 Å². The molecule has 9 nitrogen and oxygen atoms in total. The first-order valence-electron chi connectivity index (χ1n) is 12.0. The summed E-state index contributed by atoms with van der Waals surface area (Å²) in [6, 6.07) is 8.55. The molecule has 0 bridgehead atoms. The summed E-state index contributed by atoms with van der Waals surface area (Å²) in [6.07, 6.45) is 3.52. The Balaban J connectivity index is 1.47. The summed E-state index contributed by atoms with van der Waals surface area (Å²) in [4.78, 5) is 36.7. The van der Waals surface area contributed by atoms with Crippen LogP contribution in [0.4, 0.5) is 11.6 Å². The molecule has 2 aliphatic heterocycles. The minimum absolute atomic E-state index is 0.0832. The van der Waals surface area contributed by atoms with Crippen molar-refractivity contribution < 1.29 is 19.4 Å². The van der Waals surface area contributed by atoms with Crippen LogP contribution in [-0.4, -0.2) is 58.0 Å². The van der Waals surface area contributed by atoms with E-state index < -0.39 is 5.97 Å².